The topological polar surface area (TPSA) is 106 Å². The molecule has 0 aromatic carbocycles. The van der Waals surface area contributed by atoms with Gasteiger partial charge in [0, 0.05) is 42.5 Å². The third-order valence-corrected chi connectivity index (χ3v) is 9.05. The molecule has 2 aromatic heterocycles. The van der Waals surface area contributed by atoms with Crippen LogP contribution in [0.1, 0.15) is 39.0 Å². The third-order valence-electron chi connectivity index (χ3n) is 6.89. The second-order valence-corrected chi connectivity index (χ2v) is 11.6. The first-order valence-corrected chi connectivity index (χ1v) is 13.8. The van der Waals surface area contributed by atoms with E-state index in [2.05, 4.69) is 32.3 Å². The van der Waals surface area contributed by atoms with Crippen LogP contribution in [0.25, 0.3) is 10.1 Å². The van der Waals surface area contributed by atoms with Crippen LogP contribution in [0.2, 0.25) is 0 Å². The molecule has 2 N–H and O–H groups in total. The van der Waals surface area contributed by atoms with Gasteiger partial charge in [-0.3, -0.25) is 13.9 Å². The van der Waals surface area contributed by atoms with Gasteiger partial charge in [0.05, 0.1) is 5.75 Å². The molecule has 1 aliphatic heterocycles. The van der Waals surface area contributed by atoms with E-state index in [1.807, 2.05) is 6.20 Å². The Balaban J connectivity index is 1.25. The van der Waals surface area contributed by atoms with Crippen molar-refractivity contribution in [3.05, 3.63) is 23.7 Å². The SMILES string of the molecule is CCS(=O)(=O)OC1(C(N)=O)CCC(CCN2CCN(c3nccc4sccc34)CC2)CC1. The van der Waals surface area contributed by atoms with E-state index in [1.54, 1.807) is 11.3 Å². The van der Waals surface area contributed by atoms with Crippen LogP contribution in [0.4, 0.5) is 5.82 Å². The van der Waals surface area contributed by atoms with Crippen LogP contribution in [0.3, 0.4) is 0 Å². The predicted molar refractivity (Wildman–Crippen MR) is 127 cm³/mol. The van der Waals surface area contributed by atoms with Gasteiger partial charge >= 0.3 is 0 Å². The second kappa shape index (κ2) is 9.62. The summed E-state index contributed by atoms with van der Waals surface area (Å²) in [5.41, 5.74) is 4.17. The number of primary amides is 1. The van der Waals surface area contributed by atoms with Gasteiger partial charge in [0.15, 0.2) is 5.60 Å². The van der Waals surface area contributed by atoms with Crippen molar-refractivity contribution in [1.82, 2.24) is 9.88 Å². The summed E-state index contributed by atoms with van der Waals surface area (Å²) in [6.45, 7) is 6.43. The summed E-state index contributed by atoms with van der Waals surface area (Å²) in [7, 11) is -3.73. The molecule has 2 fully saturated rings. The van der Waals surface area contributed by atoms with Gasteiger partial charge in [-0.15, -0.1) is 11.3 Å². The maximum atomic E-state index is 12.0. The average molecular weight is 481 g/mol. The molecule has 1 amide bonds. The summed E-state index contributed by atoms with van der Waals surface area (Å²) < 4.78 is 30.4. The number of carbonyl (C=O) groups is 1. The molecular weight excluding hydrogens is 448 g/mol. The van der Waals surface area contributed by atoms with Gasteiger partial charge in [-0.25, -0.2) is 4.98 Å². The number of aromatic nitrogens is 1. The van der Waals surface area contributed by atoms with Crippen molar-refractivity contribution in [2.24, 2.45) is 11.7 Å². The molecule has 0 atom stereocenters. The number of piperazine rings is 1. The third kappa shape index (κ3) is 5.08. The standard InChI is InChI=1S/C22H32N4O4S2/c1-2-32(28,29)30-22(21(23)27)8-3-17(4-9-22)6-11-25-12-14-26(15-13-25)20-18-7-16-31-19(18)5-10-24-20/h5,7,10,16-17H,2-4,6,8-9,11-15H2,1H3,(H2,23,27). The maximum absolute atomic E-state index is 12.0. The molecule has 2 aromatic rings. The number of pyridine rings is 1. The Kier molecular flexibility index (Phi) is 7.04. The van der Waals surface area contributed by atoms with Gasteiger partial charge in [-0.1, -0.05) is 0 Å². The van der Waals surface area contributed by atoms with Crippen LogP contribution in [0.15, 0.2) is 23.7 Å². The Morgan fingerprint density at radius 2 is 1.97 bits per heavy atom. The second-order valence-electron chi connectivity index (χ2n) is 8.82. The van der Waals surface area contributed by atoms with E-state index >= 15 is 0 Å². The first-order chi connectivity index (χ1) is 15.3. The number of nitrogens with two attached hydrogens (primary N) is 1. The van der Waals surface area contributed by atoms with Gasteiger partial charge in [0.25, 0.3) is 16.0 Å². The number of thiophene rings is 1. The highest BCUT2D eigenvalue weighted by Crippen LogP contribution is 2.37. The Bertz CT molecular complexity index is 1040. The van der Waals surface area contributed by atoms with E-state index in [-0.39, 0.29) is 5.75 Å². The van der Waals surface area contributed by atoms with E-state index < -0.39 is 21.6 Å². The number of rotatable bonds is 8. The molecule has 176 valence electrons. The summed E-state index contributed by atoms with van der Waals surface area (Å²) in [5, 5.41) is 3.35. The zero-order chi connectivity index (χ0) is 22.8. The minimum atomic E-state index is -3.73. The van der Waals surface area contributed by atoms with Crippen LogP contribution >= 0.6 is 11.3 Å². The molecule has 1 saturated carbocycles. The van der Waals surface area contributed by atoms with Gasteiger partial charge < -0.3 is 10.6 Å². The number of hydrogen-bond donors (Lipinski definition) is 1. The fraction of sp³-hybridized carbons (Fsp3) is 0.636. The molecule has 10 heteroatoms. The van der Waals surface area contributed by atoms with Crippen LogP contribution in [0, 0.1) is 5.92 Å². The molecule has 8 nitrogen and oxygen atoms in total. The number of anilines is 1. The minimum absolute atomic E-state index is 0.159. The highest BCUT2D eigenvalue weighted by Gasteiger charge is 2.44. The minimum Gasteiger partial charge on any atom is -0.367 e. The monoisotopic (exact) mass is 480 g/mol. The van der Waals surface area contributed by atoms with E-state index in [0.717, 1.165) is 57.8 Å². The Morgan fingerprint density at radius 3 is 2.62 bits per heavy atom. The lowest BCUT2D eigenvalue weighted by molar-refractivity contribution is -0.136. The first kappa shape index (κ1) is 23.4. The zero-order valence-corrected chi connectivity index (χ0v) is 20.2. The maximum Gasteiger partial charge on any atom is 0.268 e. The quantitative estimate of drug-likeness (QED) is 0.579. The van der Waals surface area contributed by atoms with E-state index in [4.69, 9.17) is 9.92 Å². The van der Waals surface area contributed by atoms with Crippen molar-refractivity contribution in [1.29, 1.82) is 0 Å². The summed E-state index contributed by atoms with van der Waals surface area (Å²) in [4.78, 5) is 21.5. The molecule has 1 saturated heterocycles. The predicted octanol–water partition coefficient (Wildman–Crippen LogP) is 2.59. The van der Waals surface area contributed by atoms with Gasteiger partial charge in [0.2, 0.25) is 0 Å². The Hall–Kier alpha value is -1.75. The van der Waals surface area contributed by atoms with Crippen LogP contribution < -0.4 is 10.6 Å². The van der Waals surface area contributed by atoms with Gasteiger partial charge in [-0.2, -0.15) is 8.42 Å². The summed E-state index contributed by atoms with van der Waals surface area (Å²) in [6, 6.07) is 4.22. The first-order valence-electron chi connectivity index (χ1n) is 11.3. The van der Waals surface area contributed by atoms with Gasteiger partial charge in [-0.05, 0) is 69.0 Å². The lowest BCUT2D eigenvalue weighted by Gasteiger charge is -2.38. The molecule has 2 aliphatic rings. The van der Waals surface area contributed by atoms with E-state index in [9.17, 15) is 13.2 Å². The van der Waals surface area contributed by atoms with Crippen molar-refractivity contribution in [2.45, 2.75) is 44.6 Å². The molecule has 0 radical (unpaired) electrons. The molecule has 0 unspecified atom stereocenters. The summed E-state index contributed by atoms with van der Waals surface area (Å²) in [6.07, 6.45) is 5.18. The van der Waals surface area contributed by atoms with Crippen molar-refractivity contribution in [3.63, 3.8) is 0 Å². The van der Waals surface area contributed by atoms with Crippen LogP contribution in [-0.4, -0.2) is 68.3 Å². The summed E-state index contributed by atoms with van der Waals surface area (Å²) >= 11 is 1.75. The lowest BCUT2D eigenvalue weighted by Crippen LogP contribution is -2.50. The number of hydrogen-bond acceptors (Lipinski definition) is 8. The lowest BCUT2D eigenvalue weighted by atomic mass is 9.77. The fourth-order valence-corrected chi connectivity index (χ4v) is 6.41. The van der Waals surface area contributed by atoms with Crippen molar-refractivity contribution < 1.29 is 17.4 Å². The molecule has 0 bridgehead atoms. The number of carbonyl (C=O) groups excluding carboxylic acids is 1. The molecule has 1 aliphatic carbocycles. The van der Waals surface area contributed by atoms with Crippen molar-refractivity contribution in [3.8, 4) is 0 Å². The molecule has 4 rings (SSSR count). The van der Waals surface area contributed by atoms with Crippen molar-refractivity contribution in [2.75, 3.05) is 43.4 Å². The Morgan fingerprint density at radius 1 is 1.25 bits per heavy atom. The number of fused-ring (bicyclic) bond motifs is 1. The fourth-order valence-electron chi connectivity index (χ4n) is 4.79. The smallest absolute Gasteiger partial charge is 0.268 e. The van der Waals surface area contributed by atoms with E-state index in [1.165, 1.54) is 17.0 Å². The summed E-state index contributed by atoms with van der Waals surface area (Å²) in [5.74, 6) is 0.710. The zero-order valence-electron chi connectivity index (χ0n) is 18.5. The average Bonchev–Trinajstić information content (AvgIpc) is 3.28. The normalized spacial score (nSPS) is 25.3. The highest BCUT2D eigenvalue weighted by molar-refractivity contribution is 7.86. The number of nitrogens with zero attached hydrogens (tertiary/aromatic N) is 3. The molecule has 32 heavy (non-hydrogen) atoms. The highest BCUT2D eigenvalue weighted by atomic mass is 32.2. The van der Waals surface area contributed by atoms with Crippen LogP contribution in [-0.2, 0) is 19.1 Å². The van der Waals surface area contributed by atoms with Crippen LogP contribution in [0.5, 0.6) is 0 Å². The Labute approximate surface area is 193 Å². The van der Waals surface area contributed by atoms with E-state index in [0.29, 0.717) is 18.8 Å². The number of amides is 1. The molecular formula is C22H32N4O4S2. The largest absolute Gasteiger partial charge is 0.367 e. The van der Waals surface area contributed by atoms with Crippen molar-refractivity contribution >= 4 is 43.3 Å². The molecule has 3 heterocycles. The van der Waals surface area contributed by atoms with Gasteiger partial charge in [0.1, 0.15) is 5.82 Å². The molecule has 0 spiro atoms.